The molecule has 0 atom stereocenters. The molecule has 2 fully saturated rings. The molecule has 1 aliphatic carbocycles. The van der Waals surface area contributed by atoms with Crippen LogP contribution >= 0.6 is 23.4 Å². The third-order valence-electron chi connectivity index (χ3n) is 4.58. The predicted molar refractivity (Wildman–Crippen MR) is 86.9 cm³/mol. The number of hydrogen-bond donors (Lipinski definition) is 2. The number of amides is 1. The zero-order valence-electron chi connectivity index (χ0n) is 11.9. The number of hydrogen-bond acceptors (Lipinski definition) is 3. The molecule has 21 heavy (non-hydrogen) atoms. The molecule has 2 N–H and O–H groups in total. The zero-order chi connectivity index (χ0) is 14.9. The number of nitrogens with one attached hydrogen (secondary N) is 1. The second-order valence-electron chi connectivity index (χ2n) is 6.11. The number of aliphatic hydroxyl groups is 1. The molecule has 1 aromatic carbocycles. The van der Waals surface area contributed by atoms with E-state index in [-0.39, 0.29) is 5.91 Å². The highest BCUT2D eigenvalue weighted by Crippen LogP contribution is 2.48. The van der Waals surface area contributed by atoms with Crippen LogP contribution in [0.5, 0.6) is 0 Å². The molecule has 0 aromatic heterocycles. The van der Waals surface area contributed by atoms with E-state index in [1.165, 1.54) is 0 Å². The lowest BCUT2D eigenvalue weighted by Crippen LogP contribution is -2.47. The summed E-state index contributed by atoms with van der Waals surface area (Å²) in [5, 5.41) is 14.1. The first-order chi connectivity index (χ1) is 10.0. The molecule has 0 spiro atoms. The second-order valence-corrected chi connectivity index (χ2v) is 7.77. The molecule has 3 rings (SSSR count). The quantitative estimate of drug-likeness (QED) is 0.895. The number of thioether (sulfide) groups is 1. The molecule has 0 unspecified atom stereocenters. The monoisotopic (exact) mass is 325 g/mol. The summed E-state index contributed by atoms with van der Waals surface area (Å²) in [4.78, 5) is 12.5. The number of halogens is 1. The lowest BCUT2D eigenvalue weighted by molar-refractivity contribution is -0.125. The molecule has 2 aliphatic rings. The van der Waals surface area contributed by atoms with Crippen molar-refractivity contribution in [3.63, 3.8) is 0 Å². The normalized spacial score (nSPS) is 22.6. The van der Waals surface area contributed by atoms with Crippen molar-refractivity contribution in [3.05, 3.63) is 34.9 Å². The van der Waals surface area contributed by atoms with Gasteiger partial charge in [0.2, 0.25) is 5.91 Å². The maximum atomic E-state index is 12.5. The van der Waals surface area contributed by atoms with Gasteiger partial charge in [-0.1, -0.05) is 23.7 Å². The summed E-state index contributed by atoms with van der Waals surface area (Å²) in [6.07, 6.45) is 3.25. The molecular formula is C16H20ClNO2S. The maximum Gasteiger partial charge on any atom is 0.230 e. The largest absolute Gasteiger partial charge is 0.388 e. The Morgan fingerprint density at radius 3 is 2.38 bits per heavy atom. The van der Waals surface area contributed by atoms with Crippen LogP contribution in [0.15, 0.2) is 24.3 Å². The van der Waals surface area contributed by atoms with Crippen molar-refractivity contribution >= 4 is 29.3 Å². The molecule has 5 heteroatoms. The topological polar surface area (TPSA) is 49.3 Å². The SMILES string of the molecule is O=C(NCC1(O)CCSCC1)C1(c2ccc(Cl)cc2)CC1. The number of benzene rings is 1. The van der Waals surface area contributed by atoms with E-state index in [0.29, 0.717) is 11.6 Å². The second kappa shape index (κ2) is 5.82. The van der Waals surface area contributed by atoms with Crippen molar-refractivity contribution < 1.29 is 9.90 Å². The molecule has 1 heterocycles. The Morgan fingerprint density at radius 2 is 1.81 bits per heavy atom. The Kier molecular flexibility index (Phi) is 4.21. The molecule has 1 aromatic rings. The minimum absolute atomic E-state index is 0.0384. The molecule has 0 radical (unpaired) electrons. The standard InChI is InChI=1S/C16H20ClNO2S/c17-13-3-1-12(2-4-13)16(5-6-16)14(19)18-11-15(20)7-9-21-10-8-15/h1-4,20H,5-11H2,(H,18,19). The third kappa shape index (κ3) is 3.22. The van der Waals surface area contributed by atoms with Gasteiger partial charge in [-0.05, 0) is 54.9 Å². The summed E-state index contributed by atoms with van der Waals surface area (Å²) >= 11 is 7.77. The number of rotatable bonds is 4. The van der Waals surface area contributed by atoms with Crippen molar-refractivity contribution in [2.45, 2.75) is 36.7 Å². The summed E-state index contributed by atoms with van der Waals surface area (Å²) in [5.41, 5.74) is -0.1000. The van der Waals surface area contributed by atoms with Gasteiger partial charge >= 0.3 is 0 Å². The number of carbonyl (C=O) groups excluding carboxylic acids is 1. The van der Waals surface area contributed by atoms with Crippen LogP contribution in [0, 0.1) is 0 Å². The van der Waals surface area contributed by atoms with Crippen LogP contribution in [-0.2, 0) is 10.2 Å². The fraction of sp³-hybridized carbons (Fsp3) is 0.562. The van der Waals surface area contributed by atoms with Gasteiger partial charge < -0.3 is 10.4 Å². The van der Waals surface area contributed by atoms with E-state index < -0.39 is 11.0 Å². The summed E-state index contributed by atoms with van der Waals surface area (Å²) in [6, 6.07) is 7.52. The lowest BCUT2D eigenvalue weighted by Gasteiger charge is -2.32. The smallest absolute Gasteiger partial charge is 0.230 e. The summed E-state index contributed by atoms with van der Waals surface area (Å²) in [6.45, 7) is 0.363. The van der Waals surface area contributed by atoms with Gasteiger partial charge in [0, 0.05) is 11.6 Å². The van der Waals surface area contributed by atoms with Gasteiger partial charge in [0.1, 0.15) is 0 Å². The Hall–Kier alpha value is -0.710. The van der Waals surface area contributed by atoms with E-state index in [0.717, 1.165) is 42.8 Å². The van der Waals surface area contributed by atoms with E-state index in [2.05, 4.69) is 5.32 Å². The van der Waals surface area contributed by atoms with Crippen molar-refractivity contribution in [2.75, 3.05) is 18.1 Å². The van der Waals surface area contributed by atoms with Crippen LogP contribution in [0.2, 0.25) is 5.02 Å². The van der Waals surface area contributed by atoms with Crippen LogP contribution in [0.1, 0.15) is 31.2 Å². The van der Waals surface area contributed by atoms with Gasteiger partial charge in [0.25, 0.3) is 0 Å². The Morgan fingerprint density at radius 1 is 1.19 bits per heavy atom. The average molecular weight is 326 g/mol. The first kappa shape index (κ1) is 15.2. The van der Waals surface area contributed by atoms with Crippen LogP contribution < -0.4 is 5.32 Å². The predicted octanol–water partition coefficient (Wildman–Crippen LogP) is 2.75. The van der Waals surface area contributed by atoms with Crippen molar-refractivity contribution in [1.29, 1.82) is 0 Å². The van der Waals surface area contributed by atoms with E-state index in [1.807, 2.05) is 36.0 Å². The van der Waals surface area contributed by atoms with Gasteiger partial charge in [0.15, 0.2) is 0 Å². The lowest BCUT2D eigenvalue weighted by atomic mass is 9.93. The molecule has 1 aliphatic heterocycles. The minimum Gasteiger partial charge on any atom is -0.388 e. The summed E-state index contributed by atoms with van der Waals surface area (Å²) < 4.78 is 0. The first-order valence-electron chi connectivity index (χ1n) is 7.39. The summed E-state index contributed by atoms with van der Waals surface area (Å²) in [5.74, 6) is 1.97. The Labute approximate surface area is 134 Å². The first-order valence-corrected chi connectivity index (χ1v) is 8.92. The molecular weight excluding hydrogens is 306 g/mol. The van der Waals surface area contributed by atoms with Crippen LogP contribution in [0.3, 0.4) is 0 Å². The zero-order valence-corrected chi connectivity index (χ0v) is 13.5. The van der Waals surface area contributed by atoms with Crippen molar-refractivity contribution in [3.8, 4) is 0 Å². The fourth-order valence-corrected chi connectivity index (χ4v) is 4.26. The molecule has 1 saturated heterocycles. The molecule has 3 nitrogen and oxygen atoms in total. The highest BCUT2D eigenvalue weighted by atomic mass is 35.5. The fourth-order valence-electron chi connectivity index (χ4n) is 2.88. The highest BCUT2D eigenvalue weighted by molar-refractivity contribution is 7.99. The van der Waals surface area contributed by atoms with Crippen molar-refractivity contribution in [1.82, 2.24) is 5.32 Å². The van der Waals surface area contributed by atoms with Gasteiger partial charge in [-0.25, -0.2) is 0 Å². The maximum absolute atomic E-state index is 12.5. The van der Waals surface area contributed by atoms with E-state index >= 15 is 0 Å². The molecule has 114 valence electrons. The van der Waals surface area contributed by atoms with Gasteiger partial charge in [0.05, 0.1) is 11.0 Å². The Bertz CT molecular complexity index is 522. The minimum atomic E-state index is -0.725. The van der Waals surface area contributed by atoms with Crippen molar-refractivity contribution in [2.24, 2.45) is 0 Å². The molecule has 0 bridgehead atoms. The van der Waals surface area contributed by atoms with Crippen LogP contribution in [0.25, 0.3) is 0 Å². The van der Waals surface area contributed by atoms with E-state index in [4.69, 9.17) is 11.6 Å². The summed E-state index contributed by atoms with van der Waals surface area (Å²) in [7, 11) is 0. The van der Waals surface area contributed by atoms with Crippen LogP contribution in [-0.4, -0.2) is 34.7 Å². The molecule has 1 amide bonds. The van der Waals surface area contributed by atoms with Gasteiger partial charge in [-0.3, -0.25) is 4.79 Å². The van der Waals surface area contributed by atoms with E-state index in [9.17, 15) is 9.90 Å². The molecule has 1 saturated carbocycles. The highest BCUT2D eigenvalue weighted by Gasteiger charge is 2.51. The number of carbonyl (C=O) groups is 1. The average Bonchev–Trinajstić information content (AvgIpc) is 3.28. The van der Waals surface area contributed by atoms with Gasteiger partial charge in [-0.2, -0.15) is 11.8 Å². The van der Waals surface area contributed by atoms with Crippen LogP contribution in [0.4, 0.5) is 0 Å². The third-order valence-corrected chi connectivity index (χ3v) is 5.82. The Balaban J connectivity index is 1.63. The van der Waals surface area contributed by atoms with Gasteiger partial charge in [-0.15, -0.1) is 0 Å². The van der Waals surface area contributed by atoms with E-state index in [1.54, 1.807) is 0 Å².